The molecule has 3 rings (SSSR count). The molecule has 0 saturated carbocycles. The molecule has 1 N–H and O–H groups in total. The Balaban J connectivity index is 1.81. The number of hydrogen-bond acceptors (Lipinski definition) is 3. The Hall–Kier alpha value is -2.43. The first-order valence-corrected chi connectivity index (χ1v) is 7.83. The summed E-state index contributed by atoms with van der Waals surface area (Å²) >= 11 is 12.3. The average Bonchev–Trinajstić information content (AvgIpc) is 3.05. The smallest absolute Gasteiger partial charge is 0.291 e. The van der Waals surface area contributed by atoms with Gasteiger partial charge in [-0.3, -0.25) is 4.79 Å². The summed E-state index contributed by atoms with van der Waals surface area (Å²) in [5.74, 6) is 0.943. The highest BCUT2D eigenvalue weighted by Gasteiger charge is 2.16. The van der Waals surface area contributed by atoms with Crippen LogP contribution in [0.2, 0.25) is 10.0 Å². The molecule has 0 bridgehead atoms. The van der Waals surface area contributed by atoms with E-state index in [0.29, 0.717) is 32.8 Å². The molecule has 0 radical (unpaired) electrons. The standard InChI is InChI=1S/C18H13Cl2NO3/c1-23-12-7-5-11(6-8-12)21-18(22)16-10-9-15(24-16)17-13(19)3-2-4-14(17)20/h2-10H,1H3,(H,21,22). The Morgan fingerprint density at radius 3 is 2.29 bits per heavy atom. The lowest BCUT2D eigenvalue weighted by atomic mass is 10.2. The maximum atomic E-state index is 12.3. The lowest BCUT2D eigenvalue weighted by Gasteiger charge is -2.05. The maximum absolute atomic E-state index is 12.3. The van der Waals surface area contributed by atoms with Crippen LogP contribution in [-0.4, -0.2) is 13.0 Å². The van der Waals surface area contributed by atoms with E-state index in [9.17, 15) is 4.79 Å². The van der Waals surface area contributed by atoms with E-state index in [2.05, 4.69) is 5.32 Å². The zero-order chi connectivity index (χ0) is 17.1. The zero-order valence-electron chi connectivity index (χ0n) is 12.7. The first-order valence-electron chi connectivity index (χ1n) is 7.08. The Kier molecular flexibility index (Phi) is 4.79. The summed E-state index contributed by atoms with van der Waals surface area (Å²) in [7, 11) is 1.58. The predicted octanol–water partition coefficient (Wildman–Crippen LogP) is 5.51. The summed E-state index contributed by atoms with van der Waals surface area (Å²) in [5.41, 5.74) is 1.19. The van der Waals surface area contributed by atoms with Crippen molar-refractivity contribution >= 4 is 34.8 Å². The normalized spacial score (nSPS) is 10.5. The molecule has 0 aliphatic carbocycles. The van der Waals surface area contributed by atoms with Crippen LogP contribution < -0.4 is 10.1 Å². The molecule has 0 saturated heterocycles. The van der Waals surface area contributed by atoms with Gasteiger partial charge in [-0.2, -0.15) is 0 Å². The fourth-order valence-electron chi connectivity index (χ4n) is 2.19. The van der Waals surface area contributed by atoms with Gasteiger partial charge in [-0.15, -0.1) is 0 Å². The number of amides is 1. The van der Waals surface area contributed by atoms with E-state index in [1.165, 1.54) is 0 Å². The number of anilines is 1. The van der Waals surface area contributed by atoms with Crippen molar-refractivity contribution in [2.75, 3.05) is 12.4 Å². The van der Waals surface area contributed by atoms with Crippen molar-refractivity contribution in [3.8, 4) is 17.1 Å². The van der Waals surface area contributed by atoms with Crippen molar-refractivity contribution in [2.24, 2.45) is 0 Å². The molecular weight excluding hydrogens is 349 g/mol. The molecule has 0 spiro atoms. The maximum Gasteiger partial charge on any atom is 0.291 e. The van der Waals surface area contributed by atoms with Gasteiger partial charge in [-0.05, 0) is 48.5 Å². The molecule has 0 aliphatic rings. The highest BCUT2D eigenvalue weighted by atomic mass is 35.5. The van der Waals surface area contributed by atoms with Gasteiger partial charge in [0, 0.05) is 5.69 Å². The Morgan fingerprint density at radius 1 is 1.00 bits per heavy atom. The van der Waals surface area contributed by atoms with Gasteiger partial charge in [0.15, 0.2) is 5.76 Å². The summed E-state index contributed by atoms with van der Waals surface area (Å²) in [6.07, 6.45) is 0. The summed E-state index contributed by atoms with van der Waals surface area (Å²) in [6, 6.07) is 15.4. The Labute approximate surface area is 149 Å². The Morgan fingerprint density at radius 2 is 1.67 bits per heavy atom. The minimum atomic E-state index is -0.366. The van der Waals surface area contributed by atoms with Crippen LogP contribution in [0.25, 0.3) is 11.3 Å². The van der Waals surface area contributed by atoms with Crippen molar-refractivity contribution in [1.29, 1.82) is 0 Å². The van der Waals surface area contributed by atoms with Crippen LogP contribution in [0.4, 0.5) is 5.69 Å². The van der Waals surface area contributed by atoms with Gasteiger partial charge in [0.05, 0.1) is 22.7 Å². The van der Waals surface area contributed by atoms with Gasteiger partial charge >= 0.3 is 0 Å². The highest BCUT2D eigenvalue weighted by molar-refractivity contribution is 6.39. The van der Waals surface area contributed by atoms with Gasteiger partial charge in [-0.1, -0.05) is 29.3 Å². The molecule has 0 unspecified atom stereocenters. The fraction of sp³-hybridized carbons (Fsp3) is 0.0556. The predicted molar refractivity (Wildman–Crippen MR) is 95.1 cm³/mol. The number of methoxy groups -OCH3 is 1. The number of furan rings is 1. The average molecular weight is 362 g/mol. The molecule has 0 aliphatic heterocycles. The third kappa shape index (κ3) is 3.40. The first-order chi connectivity index (χ1) is 11.6. The van der Waals surface area contributed by atoms with E-state index in [1.807, 2.05) is 0 Å². The van der Waals surface area contributed by atoms with Gasteiger partial charge in [0.25, 0.3) is 5.91 Å². The summed E-state index contributed by atoms with van der Waals surface area (Å²) < 4.78 is 10.7. The van der Waals surface area contributed by atoms with Gasteiger partial charge < -0.3 is 14.5 Å². The molecule has 4 nitrogen and oxygen atoms in total. The van der Waals surface area contributed by atoms with Crippen molar-refractivity contribution in [3.63, 3.8) is 0 Å². The summed E-state index contributed by atoms with van der Waals surface area (Å²) in [5, 5.41) is 3.66. The van der Waals surface area contributed by atoms with Crippen LogP contribution >= 0.6 is 23.2 Å². The van der Waals surface area contributed by atoms with Crippen molar-refractivity contribution < 1.29 is 13.9 Å². The van der Waals surface area contributed by atoms with Crippen molar-refractivity contribution in [2.45, 2.75) is 0 Å². The third-order valence-electron chi connectivity index (χ3n) is 3.39. The SMILES string of the molecule is COc1ccc(NC(=O)c2ccc(-c3c(Cl)cccc3Cl)o2)cc1. The van der Waals surface area contributed by atoms with E-state index >= 15 is 0 Å². The molecule has 2 aromatic carbocycles. The van der Waals surface area contributed by atoms with E-state index in [1.54, 1.807) is 61.7 Å². The number of rotatable bonds is 4. The first kappa shape index (κ1) is 16.4. The van der Waals surface area contributed by atoms with Gasteiger partial charge in [0.1, 0.15) is 11.5 Å². The number of hydrogen-bond donors (Lipinski definition) is 1. The second-order valence-electron chi connectivity index (χ2n) is 4.94. The fourth-order valence-corrected chi connectivity index (χ4v) is 2.78. The molecule has 0 fully saturated rings. The summed E-state index contributed by atoms with van der Waals surface area (Å²) in [4.78, 5) is 12.3. The van der Waals surface area contributed by atoms with Crippen LogP contribution in [0, 0.1) is 0 Å². The number of ether oxygens (including phenoxy) is 1. The van der Waals surface area contributed by atoms with E-state index < -0.39 is 0 Å². The van der Waals surface area contributed by atoms with Crippen LogP contribution in [0.15, 0.2) is 59.0 Å². The molecule has 3 aromatic rings. The summed E-state index contributed by atoms with van der Waals surface area (Å²) in [6.45, 7) is 0. The number of nitrogens with one attached hydrogen (secondary N) is 1. The number of carbonyl (C=O) groups excluding carboxylic acids is 1. The van der Waals surface area contributed by atoms with E-state index in [4.69, 9.17) is 32.4 Å². The molecule has 1 aromatic heterocycles. The molecular formula is C18H13Cl2NO3. The second-order valence-corrected chi connectivity index (χ2v) is 5.76. The monoisotopic (exact) mass is 361 g/mol. The third-order valence-corrected chi connectivity index (χ3v) is 4.02. The van der Waals surface area contributed by atoms with Gasteiger partial charge in [-0.25, -0.2) is 0 Å². The number of carbonyl (C=O) groups is 1. The van der Waals surface area contributed by atoms with Crippen LogP contribution in [0.3, 0.4) is 0 Å². The molecule has 0 atom stereocenters. The quantitative estimate of drug-likeness (QED) is 0.665. The zero-order valence-corrected chi connectivity index (χ0v) is 14.2. The number of halogens is 2. The van der Waals surface area contributed by atoms with Crippen molar-refractivity contribution in [1.82, 2.24) is 0 Å². The molecule has 1 heterocycles. The Bertz CT molecular complexity index is 852. The van der Waals surface area contributed by atoms with Crippen molar-refractivity contribution in [3.05, 3.63) is 70.4 Å². The lowest BCUT2D eigenvalue weighted by molar-refractivity contribution is 0.0997. The largest absolute Gasteiger partial charge is 0.497 e. The second kappa shape index (κ2) is 6.99. The topological polar surface area (TPSA) is 51.5 Å². The number of benzene rings is 2. The minimum Gasteiger partial charge on any atom is -0.497 e. The molecule has 24 heavy (non-hydrogen) atoms. The van der Waals surface area contributed by atoms with Crippen LogP contribution in [0.5, 0.6) is 5.75 Å². The lowest BCUT2D eigenvalue weighted by Crippen LogP contribution is -2.10. The van der Waals surface area contributed by atoms with Crippen LogP contribution in [0.1, 0.15) is 10.6 Å². The van der Waals surface area contributed by atoms with Crippen LogP contribution in [-0.2, 0) is 0 Å². The molecule has 6 heteroatoms. The highest BCUT2D eigenvalue weighted by Crippen LogP contribution is 2.35. The molecule has 122 valence electrons. The minimum absolute atomic E-state index is 0.164. The van der Waals surface area contributed by atoms with E-state index in [-0.39, 0.29) is 11.7 Å². The van der Waals surface area contributed by atoms with E-state index in [0.717, 1.165) is 0 Å². The van der Waals surface area contributed by atoms with Gasteiger partial charge in [0.2, 0.25) is 0 Å². The molecule has 1 amide bonds.